The number of hydrogen-bond acceptors (Lipinski definition) is 4. The van der Waals surface area contributed by atoms with Gasteiger partial charge in [0, 0.05) is 18.3 Å². The number of aromatic nitrogens is 2. The van der Waals surface area contributed by atoms with Crippen molar-refractivity contribution in [2.75, 3.05) is 0 Å². The number of rotatable bonds is 4. The molecule has 0 aromatic carbocycles. The van der Waals surface area contributed by atoms with Crippen LogP contribution in [0.1, 0.15) is 38.1 Å². The molecular weight excluding hydrogens is 226 g/mol. The van der Waals surface area contributed by atoms with Gasteiger partial charge in [0.1, 0.15) is 5.82 Å². The van der Waals surface area contributed by atoms with Crippen LogP contribution in [0, 0.1) is 0 Å². The van der Waals surface area contributed by atoms with Crippen LogP contribution < -0.4 is 5.14 Å². The topological polar surface area (TPSA) is 85.9 Å². The van der Waals surface area contributed by atoms with Crippen LogP contribution in [-0.4, -0.2) is 23.6 Å². The van der Waals surface area contributed by atoms with E-state index in [1.165, 1.54) is 0 Å². The molecular formula is C10H17N3O2S. The first kappa shape index (κ1) is 13.1. The predicted octanol–water partition coefficient (Wildman–Crippen LogP) is 0.820. The highest BCUT2D eigenvalue weighted by Crippen LogP contribution is 2.19. The number of nitrogens with two attached hydrogens (primary N) is 1. The molecule has 1 rings (SSSR count). The monoisotopic (exact) mass is 243 g/mol. The Morgan fingerprint density at radius 1 is 1.31 bits per heavy atom. The molecule has 16 heavy (non-hydrogen) atoms. The highest BCUT2D eigenvalue weighted by Gasteiger charge is 2.25. The Balaban J connectivity index is 2.92. The molecule has 90 valence electrons. The third kappa shape index (κ3) is 2.99. The van der Waals surface area contributed by atoms with Crippen LogP contribution in [-0.2, 0) is 16.4 Å². The van der Waals surface area contributed by atoms with E-state index in [1.54, 1.807) is 26.2 Å². The van der Waals surface area contributed by atoms with Crippen LogP contribution in [0.4, 0.5) is 0 Å². The number of sulfonamides is 1. The summed E-state index contributed by atoms with van der Waals surface area (Å²) in [5.41, 5.74) is 1.03. The van der Waals surface area contributed by atoms with Crippen LogP contribution in [0.15, 0.2) is 12.4 Å². The van der Waals surface area contributed by atoms with Gasteiger partial charge in [-0.1, -0.05) is 13.8 Å². The van der Waals surface area contributed by atoms with E-state index in [0.29, 0.717) is 5.82 Å². The molecule has 0 saturated carbocycles. The second-order valence-electron chi connectivity index (χ2n) is 3.89. The average molecular weight is 243 g/mol. The molecule has 0 aliphatic heterocycles. The lowest BCUT2D eigenvalue weighted by Crippen LogP contribution is -2.31. The molecule has 0 spiro atoms. The number of primary sulfonamides is 1. The third-order valence-electron chi connectivity index (χ3n) is 2.76. The van der Waals surface area contributed by atoms with Crippen LogP contribution in [0.5, 0.6) is 0 Å². The van der Waals surface area contributed by atoms with E-state index in [0.717, 1.165) is 12.0 Å². The first-order valence-corrected chi connectivity index (χ1v) is 6.79. The third-order valence-corrected chi connectivity index (χ3v) is 4.21. The minimum atomic E-state index is -3.55. The molecule has 1 heterocycles. The molecule has 0 fully saturated rings. The fourth-order valence-corrected chi connectivity index (χ4v) is 1.97. The Hall–Kier alpha value is -1.01. The molecule has 6 heteroatoms. The first-order valence-electron chi connectivity index (χ1n) is 5.18. The maximum atomic E-state index is 11.2. The Morgan fingerprint density at radius 3 is 2.19 bits per heavy atom. The molecule has 1 aromatic heterocycles. The average Bonchev–Trinajstić information content (AvgIpc) is 2.26. The quantitative estimate of drug-likeness (QED) is 0.848. The lowest BCUT2D eigenvalue weighted by molar-refractivity contribution is 0.564. The standard InChI is InChI=1S/C10H17N3O2S/c1-4-9-5-12-10(13-6-9)7(2)8(3)16(11,14)15/h5-8H,4H2,1-3H3,(H2,11,14,15)/t7-,8-/m1/s1. The second-order valence-corrected chi connectivity index (χ2v) is 5.81. The number of hydrogen-bond donors (Lipinski definition) is 1. The SMILES string of the molecule is CCc1cnc([C@H](C)[C@@H](C)S(N)(=O)=O)nc1. The molecule has 0 aliphatic carbocycles. The Morgan fingerprint density at radius 2 is 1.81 bits per heavy atom. The van der Waals surface area contributed by atoms with Gasteiger partial charge < -0.3 is 0 Å². The van der Waals surface area contributed by atoms with Crippen molar-refractivity contribution >= 4 is 10.0 Å². The predicted molar refractivity (Wildman–Crippen MR) is 62.4 cm³/mol. The summed E-state index contributed by atoms with van der Waals surface area (Å²) in [5, 5.41) is 4.41. The molecule has 5 nitrogen and oxygen atoms in total. The van der Waals surface area contributed by atoms with E-state index in [9.17, 15) is 8.42 Å². The van der Waals surface area contributed by atoms with Crippen LogP contribution in [0.3, 0.4) is 0 Å². The Kier molecular flexibility index (Phi) is 3.98. The van der Waals surface area contributed by atoms with Crippen molar-refractivity contribution in [3.8, 4) is 0 Å². The summed E-state index contributed by atoms with van der Waals surface area (Å²) in [6.45, 7) is 5.34. The van der Waals surface area contributed by atoms with E-state index >= 15 is 0 Å². The van der Waals surface area contributed by atoms with Gasteiger partial charge in [-0.25, -0.2) is 23.5 Å². The highest BCUT2D eigenvalue weighted by atomic mass is 32.2. The molecule has 0 aliphatic rings. The van der Waals surface area contributed by atoms with Gasteiger partial charge in [0.2, 0.25) is 10.0 Å². The van der Waals surface area contributed by atoms with Crippen molar-refractivity contribution in [3.63, 3.8) is 0 Å². The smallest absolute Gasteiger partial charge is 0.212 e. The van der Waals surface area contributed by atoms with Crippen LogP contribution >= 0.6 is 0 Å². The van der Waals surface area contributed by atoms with Crippen molar-refractivity contribution in [1.29, 1.82) is 0 Å². The molecule has 0 saturated heterocycles. The molecule has 2 N–H and O–H groups in total. The fourth-order valence-electron chi connectivity index (χ4n) is 1.28. The molecule has 0 bridgehead atoms. The fraction of sp³-hybridized carbons (Fsp3) is 0.600. The summed E-state index contributed by atoms with van der Waals surface area (Å²) in [6, 6.07) is 0. The molecule has 1 aromatic rings. The zero-order chi connectivity index (χ0) is 12.3. The van der Waals surface area contributed by atoms with Gasteiger partial charge >= 0.3 is 0 Å². The van der Waals surface area contributed by atoms with Crippen LogP contribution in [0.2, 0.25) is 0 Å². The van der Waals surface area contributed by atoms with E-state index < -0.39 is 15.3 Å². The minimum Gasteiger partial charge on any atom is -0.241 e. The van der Waals surface area contributed by atoms with E-state index in [2.05, 4.69) is 9.97 Å². The Bertz CT molecular complexity index is 442. The van der Waals surface area contributed by atoms with Crippen molar-refractivity contribution in [2.45, 2.75) is 38.4 Å². The summed E-state index contributed by atoms with van der Waals surface area (Å²) in [6.07, 6.45) is 4.29. The van der Waals surface area contributed by atoms with Crippen molar-refractivity contribution in [1.82, 2.24) is 9.97 Å². The maximum Gasteiger partial charge on any atom is 0.212 e. The second kappa shape index (κ2) is 4.88. The van der Waals surface area contributed by atoms with Gasteiger partial charge in [-0.3, -0.25) is 0 Å². The van der Waals surface area contributed by atoms with E-state index in [4.69, 9.17) is 5.14 Å². The molecule has 0 amide bonds. The minimum absolute atomic E-state index is 0.305. The zero-order valence-corrected chi connectivity index (χ0v) is 10.5. The Labute approximate surface area is 96.2 Å². The normalized spacial score (nSPS) is 15.8. The zero-order valence-electron chi connectivity index (χ0n) is 9.71. The van der Waals surface area contributed by atoms with Crippen LogP contribution in [0.25, 0.3) is 0 Å². The largest absolute Gasteiger partial charge is 0.241 e. The van der Waals surface area contributed by atoms with E-state index in [-0.39, 0.29) is 5.92 Å². The van der Waals surface area contributed by atoms with Crippen molar-refractivity contribution < 1.29 is 8.42 Å². The van der Waals surface area contributed by atoms with Gasteiger partial charge in [-0.05, 0) is 18.9 Å². The first-order chi connectivity index (χ1) is 7.36. The molecule has 0 radical (unpaired) electrons. The van der Waals surface area contributed by atoms with Gasteiger partial charge in [0.15, 0.2) is 0 Å². The lowest BCUT2D eigenvalue weighted by atomic mass is 10.1. The van der Waals surface area contributed by atoms with Gasteiger partial charge in [-0.15, -0.1) is 0 Å². The van der Waals surface area contributed by atoms with Gasteiger partial charge in [0.05, 0.1) is 5.25 Å². The summed E-state index contributed by atoms with van der Waals surface area (Å²) >= 11 is 0. The summed E-state index contributed by atoms with van der Waals surface area (Å²) < 4.78 is 22.4. The van der Waals surface area contributed by atoms with Gasteiger partial charge in [0.25, 0.3) is 0 Å². The van der Waals surface area contributed by atoms with Crippen molar-refractivity contribution in [3.05, 3.63) is 23.8 Å². The van der Waals surface area contributed by atoms with Crippen molar-refractivity contribution in [2.24, 2.45) is 5.14 Å². The van der Waals surface area contributed by atoms with E-state index in [1.807, 2.05) is 6.92 Å². The molecule has 2 atom stereocenters. The summed E-state index contributed by atoms with van der Waals surface area (Å²) in [5.74, 6) is 0.208. The lowest BCUT2D eigenvalue weighted by Gasteiger charge is -2.16. The summed E-state index contributed by atoms with van der Waals surface area (Å²) in [4.78, 5) is 8.31. The maximum absolute atomic E-state index is 11.2. The highest BCUT2D eigenvalue weighted by molar-refractivity contribution is 7.89. The molecule has 0 unspecified atom stereocenters. The summed E-state index contributed by atoms with van der Waals surface area (Å²) in [7, 11) is -3.55. The number of aryl methyl sites for hydroxylation is 1. The van der Waals surface area contributed by atoms with Gasteiger partial charge in [-0.2, -0.15) is 0 Å². The number of nitrogens with zero attached hydrogens (tertiary/aromatic N) is 2.